The molecule has 1 fully saturated rings. The maximum atomic E-state index is 14.7. The van der Waals surface area contributed by atoms with Crippen LogP contribution >= 0.6 is 0 Å². The van der Waals surface area contributed by atoms with E-state index in [1.807, 2.05) is 6.92 Å². The molecule has 0 heterocycles. The summed E-state index contributed by atoms with van der Waals surface area (Å²) in [5.41, 5.74) is 5.83. The van der Waals surface area contributed by atoms with Crippen molar-refractivity contribution >= 4 is 0 Å². The van der Waals surface area contributed by atoms with Gasteiger partial charge in [-0.3, -0.25) is 0 Å². The highest BCUT2D eigenvalue weighted by molar-refractivity contribution is 5.64. The van der Waals surface area contributed by atoms with Crippen molar-refractivity contribution in [3.63, 3.8) is 0 Å². The fourth-order valence-corrected chi connectivity index (χ4v) is 5.65. The molecule has 0 spiro atoms. The topological polar surface area (TPSA) is 9.23 Å². The van der Waals surface area contributed by atoms with Crippen LogP contribution in [0.2, 0.25) is 0 Å². The van der Waals surface area contributed by atoms with Crippen molar-refractivity contribution in [2.75, 3.05) is 6.61 Å². The zero-order valence-electron chi connectivity index (χ0n) is 23.7. The van der Waals surface area contributed by atoms with Crippen molar-refractivity contribution in [1.29, 1.82) is 0 Å². The second-order valence-corrected chi connectivity index (χ2v) is 11.1. The summed E-state index contributed by atoms with van der Waals surface area (Å²) in [6.45, 7) is 4.59. The Kier molecular flexibility index (Phi) is 11.2. The molecule has 1 nitrogen and oxygen atoms in total. The first kappa shape index (κ1) is 29.1. The molecule has 0 aromatic heterocycles. The number of benzene rings is 3. The van der Waals surface area contributed by atoms with Gasteiger partial charge in [-0.25, -0.2) is 4.39 Å². The van der Waals surface area contributed by atoms with Crippen LogP contribution in [-0.4, -0.2) is 6.61 Å². The quantitative estimate of drug-likeness (QED) is 0.158. The van der Waals surface area contributed by atoms with Crippen LogP contribution in [0.25, 0.3) is 11.1 Å². The number of allylic oxidation sites excluding steroid dienone is 2. The number of hydrogen-bond donors (Lipinski definition) is 0. The molecule has 0 radical (unpaired) electrons. The molecule has 4 rings (SSSR count). The second-order valence-electron chi connectivity index (χ2n) is 11.1. The summed E-state index contributed by atoms with van der Waals surface area (Å²) in [7, 11) is 0. The molecule has 0 bridgehead atoms. The van der Waals surface area contributed by atoms with E-state index in [1.165, 1.54) is 47.9 Å². The standard InChI is InChI=1S/C36H44F2O/c1-3-5-6-9-27-12-18-30(19-13-27)31-20-14-28(15-21-31)10-7-8-11-29-16-22-32(23-17-29)33-24-25-34(39-26-4-2)36(38)35(33)37/h8,11-15,18-21,24-25,29,32H,3-7,9-10,16-17,22-23,26H2,1-2H3. The van der Waals surface area contributed by atoms with E-state index in [2.05, 4.69) is 67.6 Å². The van der Waals surface area contributed by atoms with E-state index < -0.39 is 11.6 Å². The van der Waals surface area contributed by atoms with E-state index in [1.54, 1.807) is 12.1 Å². The monoisotopic (exact) mass is 530 g/mol. The minimum Gasteiger partial charge on any atom is -0.490 e. The van der Waals surface area contributed by atoms with Gasteiger partial charge in [0.05, 0.1) is 6.61 Å². The van der Waals surface area contributed by atoms with Crippen LogP contribution in [0, 0.1) is 17.6 Å². The summed E-state index contributed by atoms with van der Waals surface area (Å²) in [6.07, 6.45) is 16.3. The molecule has 1 aliphatic carbocycles. The third kappa shape index (κ3) is 8.27. The number of halogens is 2. The van der Waals surface area contributed by atoms with Crippen LogP contribution in [-0.2, 0) is 12.8 Å². The van der Waals surface area contributed by atoms with Gasteiger partial charge in [-0.05, 0) is 104 Å². The predicted molar refractivity (Wildman–Crippen MR) is 159 cm³/mol. The summed E-state index contributed by atoms with van der Waals surface area (Å²) >= 11 is 0. The Morgan fingerprint density at radius 1 is 0.718 bits per heavy atom. The molecule has 1 aliphatic rings. The average molecular weight is 531 g/mol. The number of unbranched alkanes of at least 4 members (excludes halogenated alkanes) is 2. The first-order chi connectivity index (χ1) is 19.1. The lowest BCUT2D eigenvalue weighted by Crippen LogP contribution is -2.14. The molecule has 0 saturated heterocycles. The highest BCUT2D eigenvalue weighted by Gasteiger charge is 2.25. The van der Waals surface area contributed by atoms with Gasteiger partial charge in [0, 0.05) is 0 Å². The van der Waals surface area contributed by atoms with Crippen LogP contribution in [0.5, 0.6) is 5.75 Å². The van der Waals surface area contributed by atoms with Crippen LogP contribution in [0.4, 0.5) is 8.78 Å². The summed E-state index contributed by atoms with van der Waals surface area (Å²) in [5.74, 6) is -0.940. The Morgan fingerprint density at radius 3 is 1.97 bits per heavy atom. The van der Waals surface area contributed by atoms with E-state index in [4.69, 9.17) is 4.74 Å². The molecule has 3 heteroatoms. The van der Waals surface area contributed by atoms with Crippen LogP contribution < -0.4 is 4.74 Å². The molecule has 0 aliphatic heterocycles. The molecule has 0 N–H and O–H groups in total. The van der Waals surface area contributed by atoms with Gasteiger partial charge in [0.2, 0.25) is 5.82 Å². The average Bonchev–Trinajstić information content (AvgIpc) is 2.97. The zero-order valence-corrected chi connectivity index (χ0v) is 23.7. The van der Waals surface area contributed by atoms with Crippen molar-refractivity contribution in [2.24, 2.45) is 5.92 Å². The molecule has 1 saturated carbocycles. The fourth-order valence-electron chi connectivity index (χ4n) is 5.65. The molecular formula is C36H44F2O. The smallest absolute Gasteiger partial charge is 0.200 e. The van der Waals surface area contributed by atoms with Gasteiger partial charge in [0.1, 0.15) is 0 Å². The van der Waals surface area contributed by atoms with Gasteiger partial charge < -0.3 is 4.74 Å². The summed E-state index contributed by atoms with van der Waals surface area (Å²) in [6, 6.07) is 21.3. The summed E-state index contributed by atoms with van der Waals surface area (Å²) in [5, 5.41) is 0. The SMILES string of the molecule is CCCCCc1ccc(-c2ccc(CCC=CC3CCC(c4ccc(OCCC)c(F)c4F)CC3)cc2)cc1. The molecule has 0 amide bonds. The molecule has 3 aromatic carbocycles. The Morgan fingerprint density at radius 2 is 1.36 bits per heavy atom. The van der Waals surface area contributed by atoms with Crippen LogP contribution in [0.3, 0.4) is 0 Å². The Labute approximate surface area is 234 Å². The lowest BCUT2D eigenvalue weighted by Gasteiger charge is -2.27. The van der Waals surface area contributed by atoms with Gasteiger partial charge in [-0.15, -0.1) is 0 Å². The first-order valence-electron chi connectivity index (χ1n) is 15.0. The predicted octanol–water partition coefficient (Wildman–Crippen LogP) is 10.6. The minimum atomic E-state index is -0.841. The fraction of sp³-hybridized carbons (Fsp3) is 0.444. The molecule has 208 valence electrons. The third-order valence-corrected chi connectivity index (χ3v) is 8.07. The molecule has 3 aromatic rings. The number of aryl methyl sites for hydroxylation is 2. The van der Waals surface area contributed by atoms with Gasteiger partial charge in [-0.1, -0.05) is 93.4 Å². The summed E-state index contributed by atoms with van der Waals surface area (Å²) < 4.78 is 34.5. The van der Waals surface area contributed by atoms with Gasteiger partial charge in [0.25, 0.3) is 0 Å². The van der Waals surface area contributed by atoms with Crippen molar-refractivity contribution in [3.8, 4) is 16.9 Å². The normalized spacial score (nSPS) is 17.5. The van der Waals surface area contributed by atoms with E-state index in [-0.39, 0.29) is 11.7 Å². The second kappa shape index (κ2) is 15.0. The van der Waals surface area contributed by atoms with E-state index >= 15 is 0 Å². The van der Waals surface area contributed by atoms with Crippen molar-refractivity contribution in [1.82, 2.24) is 0 Å². The third-order valence-electron chi connectivity index (χ3n) is 8.07. The van der Waals surface area contributed by atoms with Crippen LogP contribution in [0.1, 0.15) is 94.2 Å². The molecular weight excluding hydrogens is 486 g/mol. The maximum Gasteiger partial charge on any atom is 0.200 e. The molecule has 0 unspecified atom stereocenters. The van der Waals surface area contributed by atoms with E-state index in [9.17, 15) is 8.78 Å². The Balaban J connectivity index is 1.21. The van der Waals surface area contributed by atoms with E-state index in [0.717, 1.165) is 44.9 Å². The number of hydrogen-bond acceptors (Lipinski definition) is 1. The highest BCUT2D eigenvalue weighted by Crippen LogP contribution is 2.39. The lowest BCUT2D eigenvalue weighted by atomic mass is 9.78. The summed E-state index contributed by atoms with van der Waals surface area (Å²) in [4.78, 5) is 0. The van der Waals surface area contributed by atoms with Gasteiger partial charge in [-0.2, -0.15) is 4.39 Å². The molecule has 39 heavy (non-hydrogen) atoms. The maximum absolute atomic E-state index is 14.7. The van der Waals surface area contributed by atoms with Gasteiger partial charge >= 0.3 is 0 Å². The Bertz CT molecular complexity index is 1170. The minimum absolute atomic E-state index is 0.0242. The van der Waals surface area contributed by atoms with E-state index in [0.29, 0.717) is 18.1 Å². The first-order valence-corrected chi connectivity index (χ1v) is 15.0. The van der Waals surface area contributed by atoms with Crippen molar-refractivity contribution in [2.45, 2.75) is 90.4 Å². The van der Waals surface area contributed by atoms with Crippen LogP contribution in [0.15, 0.2) is 72.8 Å². The number of rotatable bonds is 13. The Hall–Kier alpha value is -2.94. The number of ether oxygens (including phenoxy) is 1. The highest BCUT2D eigenvalue weighted by atomic mass is 19.2. The van der Waals surface area contributed by atoms with Crippen molar-refractivity contribution in [3.05, 3.63) is 101 Å². The lowest BCUT2D eigenvalue weighted by molar-refractivity contribution is 0.292. The zero-order chi connectivity index (χ0) is 27.5. The largest absolute Gasteiger partial charge is 0.490 e. The van der Waals surface area contributed by atoms with Crippen molar-refractivity contribution < 1.29 is 13.5 Å². The van der Waals surface area contributed by atoms with Gasteiger partial charge in [0.15, 0.2) is 11.6 Å². The molecule has 0 atom stereocenters.